The fraction of sp³-hybridized carbons (Fsp3) is 0.750. The van der Waals surface area contributed by atoms with Crippen LogP contribution in [-0.4, -0.2) is 67.1 Å². The van der Waals surface area contributed by atoms with Crippen LogP contribution >= 0.6 is 21.6 Å². The number of esters is 2. The lowest BCUT2D eigenvalue weighted by Crippen LogP contribution is -2.49. The fourth-order valence-electron chi connectivity index (χ4n) is 1.64. The van der Waals surface area contributed by atoms with Crippen molar-refractivity contribution >= 4 is 45.3 Å². The molecular weight excluding hydrogens is 394 g/mol. The molecule has 0 heterocycles. The van der Waals surface area contributed by atoms with Crippen LogP contribution in [0.15, 0.2) is 0 Å². The van der Waals surface area contributed by atoms with Gasteiger partial charge < -0.3 is 25.8 Å². The molecule has 0 saturated carbocycles. The highest BCUT2D eigenvalue weighted by Crippen LogP contribution is 2.35. The lowest BCUT2D eigenvalue weighted by molar-refractivity contribution is -0.142. The Morgan fingerprint density at radius 3 is 2.26 bits per heavy atom. The van der Waals surface area contributed by atoms with Crippen molar-refractivity contribution in [3.05, 3.63) is 0 Å². The summed E-state index contributed by atoms with van der Waals surface area (Å²) in [7, 11) is 5.44. The Labute approximate surface area is 167 Å². The predicted octanol–water partition coefficient (Wildman–Crippen LogP) is 0.221. The summed E-state index contributed by atoms with van der Waals surface area (Å²) in [5, 5.41) is 5.04. The van der Waals surface area contributed by atoms with Gasteiger partial charge >= 0.3 is 11.9 Å². The number of nitrogens with two attached hydrogens (primary N) is 1. The topological polar surface area (TPSA) is 137 Å². The van der Waals surface area contributed by atoms with Gasteiger partial charge in [0.25, 0.3) is 0 Å². The lowest BCUT2D eigenvalue weighted by Gasteiger charge is -2.21. The van der Waals surface area contributed by atoms with Crippen molar-refractivity contribution in [1.29, 1.82) is 0 Å². The Hall–Kier alpha value is -1.46. The van der Waals surface area contributed by atoms with Crippen LogP contribution in [0, 0.1) is 0 Å². The molecule has 0 fully saturated rings. The Morgan fingerprint density at radius 1 is 1.11 bits per heavy atom. The second-order valence-corrected chi connectivity index (χ2v) is 9.73. The van der Waals surface area contributed by atoms with E-state index in [2.05, 4.69) is 20.1 Å². The average molecular weight is 424 g/mol. The molecule has 0 rings (SSSR count). The van der Waals surface area contributed by atoms with E-state index in [-0.39, 0.29) is 24.1 Å². The van der Waals surface area contributed by atoms with Crippen LogP contribution in [0.2, 0.25) is 0 Å². The molecule has 0 radical (unpaired) electrons. The van der Waals surface area contributed by atoms with Gasteiger partial charge in [0.1, 0.15) is 18.6 Å². The third kappa shape index (κ3) is 12.5. The number of hydrogen-bond donors (Lipinski definition) is 3. The molecule has 27 heavy (non-hydrogen) atoms. The van der Waals surface area contributed by atoms with Crippen molar-refractivity contribution in [2.45, 2.75) is 50.4 Å². The summed E-state index contributed by atoms with van der Waals surface area (Å²) in [4.78, 5) is 46.9. The normalized spacial score (nSPS) is 13.3. The van der Waals surface area contributed by atoms with Gasteiger partial charge in [0.05, 0.1) is 14.2 Å². The van der Waals surface area contributed by atoms with Crippen molar-refractivity contribution in [1.82, 2.24) is 10.6 Å². The number of carbonyl (C=O) groups is 4. The molecular formula is C16H29N3O6S2. The van der Waals surface area contributed by atoms with E-state index >= 15 is 0 Å². The maximum atomic E-state index is 12.3. The summed E-state index contributed by atoms with van der Waals surface area (Å²) < 4.78 is 8.96. The second-order valence-electron chi connectivity index (χ2n) is 6.56. The molecule has 0 aliphatic heterocycles. The van der Waals surface area contributed by atoms with Gasteiger partial charge in [-0.3, -0.25) is 19.2 Å². The number of nitrogens with one attached hydrogen (secondary N) is 2. The first kappa shape index (κ1) is 25.5. The molecule has 0 aliphatic carbocycles. The second kappa shape index (κ2) is 12.8. The number of methoxy groups -OCH3 is 2. The molecule has 9 nitrogen and oxygen atoms in total. The summed E-state index contributed by atoms with van der Waals surface area (Å²) in [6.07, 6.45) is 0.0625. The molecule has 4 N–H and O–H groups in total. The molecule has 0 aromatic carbocycles. The third-order valence-electron chi connectivity index (χ3n) is 3.02. The van der Waals surface area contributed by atoms with Crippen molar-refractivity contribution in [3.8, 4) is 0 Å². The minimum atomic E-state index is -0.904. The number of ether oxygens (including phenoxy) is 2. The molecule has 0 aromatic rings. The van der Waals surface area contributed by atoms with E-state index in [9.17, 15) is 19.2 Å². The molecule has 11 heteroatoms. The minimum Gasteiger partial charge on any atom is -0.468 e. The number of carbonyl (C=O) groups excluding carboxylic acids is 4. The highest BCUT2D eigenvalue weighted by molar-refractivity contribution is 8.77. The largest absolute Gasteiger partial charge is 0.468 e. The van der Waals surface area contributed by atoms with Crippen LogP contribution in [0.1, 0.15) is 33.6 Å². The maximum Gasteiger partial charge on any atom is 0.325 e. The number of hydrogen-bond acceptors (Lipinski definition) is 9. The highest BCUT2D eigenvalue weighted by Gasteiger charge is 2.24. The average Bonchev–Trinajstić information content (AvgIpc) is 2.61. The van der Waals surface area contributed by atoms with Crippen LogP contribution in [0.5, 0.6) is 0 Å². The molecule has 0 aliphatic rings. The maximum absolute atomic E-state index is 12.3. The Bertz CT molecular complexity index is 525. The van der Waals surface area contributed by atoms with Gasteiger partial charge in [-0.15, -0.1) is 0 Å². The fourth-order valence-corrected chi connectivity index (χ4v) is 4.10. The van der Waals surface area contributed by atoms with Gasteiger partial charge in [-0.25, -0.2) is 0 Å². The van der Waals surface area contributed by atoms with Gasteiger partial charge in [0, 0.05) is 16.9 Å². The standard InChI is InChI=1S/C16H29N3O6S2/c1-16(2,3)27-26-9-11(14(22)18-8-13(21)24-4)19-12(20)7-6-10(17)15(23)25-5/h10-11H,6-9,17H2,1-5H3,(H,18,22)(H,19,20)/t10-,11-/m0/s1. The van der Waals surface area contributed by atoms with Crippen molar-refractivity contribution in [2.24, 2.45) is 5.73 Å². The lowest BCUT2D eigenvalue weighted by atomic mass is 10.1. The quantitative estimate of drug-likeness (QED) is 0.315. The zero-order chi connectivity index (χ0) is 21.0. The smallest absolute Gasteiger partial charge is 0.325 e. The Morgan fingerprint density at radius 2 is 1.74 bits per heavy atom. The van der Waals surface area contributed by atoms with E-state index in [1.54, 1.807) is 10.8 Å². The van der Waals surface area contributed by atoms with E-state index in [1.807, 2.05) is 20.8 Å². The third-order valence-corrected chi connectivity index (χ3v) is 6.37. The van der Waals surface area contributed by atoms with Crippen LogP contribution in [0.4, 0.5) is 0 Å². The van der Waals surface area contributed by atoms with Gasteiger partial charge in [-0.2, -0.15) is 0 Å². The first-order valence-electron chi connectivity index (χ1n) is 8.28. The van der Waals surface area contributed by atoms with Crippen LogP contribution in [-0.2, 0) is 28.7 Å². The molecule has 2 atom stereocenters. The SMILES string of the molecule is COC(=O)CNC(=O)[C@H](CSSC(C)(C)C)NC(=O)CC[C@H](N)C(=O)OC. The highest BCUT2D eigenvalue weighted by atomic mass is 33.1. The number of amides is 2. The Balaban J connectivity index is 4.71. The molecule has 2 amide bonds. The summed E-state index contributed by atoms with van der Waals surface area (Å²) in [5.74, 6) is -1.80. The Kier molecular flexibility index (Phi) is 12.1. The predicted molar refractivity (Wildman–Crippen MR) is 106 cm³/mol. The van der Waals surface area contributed by atoms with Crippen molar-refractivity contribution in [2.75, 3.05) is 26.5 Å². The molecule has 0 saturated heterocycles. The minimum absolute atomic E-state index is 0.0188. The van der Waals surface area contributed by atoms with Gasteiger partial charge in [0.2, 0.25) is 11.8 Å². The zero-order valence-electron chi connectivity index (χ0n) is 16.3. The molecule has 0 spiro atoms. The number of rotatable bonds is 11. The molecule has 0 aromatic heterocycles. The summed E-state index contributed by atoms with van der Waals surface area (Å²) >= 11 is 0. The van der Waals surface area contributed by atoms with E-state index < -0.39 is 35.8 Å². The van der Waals surface area contributed by atoms with Crippen LogP contribution in [0.3, 0.4) is 0 Å². The van der Waals surface area contributed by atoms with Gasteiger partial charge in [-0.05, 0) is 6.42 Å². The van der Waals surface area contributed by atoms with Gasteiger partial charge in [-0.1, -0.05) is 42.4 Å². The van der Waals surface area contributed by atoms with Crippen LogP contribution in [0.25, 0.3) is 0 Å². The van der Waals surface area contributed by atoms with E-state index in [1.165, 1.54) is 25.0 Å². The summed E-state index contributed by atoms with van der Waals surface area (Å²) in [6, 6.07) is -1.74. The van der Waals surface area contributed by atoms with Crippen LogP contribution < -0.4 is 16.4 Å². The molecule has 0 bridgehead atoms. The van der Waals surface area contributed by atoms with Crippen molar-refractivity contribution in [3.63, 3.8) is 0 Å². The molecule has 0 unspecified atom stereocenters. The summed E-state index contributed by atoms with van der Waals surface area (Å²) in [5.41, 5.74) is 5.60. The van der Waals surface area contributed by atoms with Crippen molar-refractivity contribution < 1.29 is 28.7 Å². The summed E-state index contributed by atoms with van der Waals surface area (Å²) in [6.45, 7) is 5.81. The van der Waals surface area contributed by atoms with E-state index in [4.69, 9.17) is 5.73 Å². The first-order valence-corrected chi connectivity index (χ1v) is 10.6. The van der Waals surface area contributed by atoms with E-state index in [0.29, 0.717) is 5.75 Å². The molecule has 156 valence electrons. The first-order chi connectivity index (χ1) is 12.5. The zero-order valence-corrected chi connectivity index (χ0v) is 18.0. The monoisotopic (exact) mass is 423 g/mol. The van der Waals surface area contributed by atoms with Gasteiger partial charge in [0.15, 0.2) is 0 Å². The van der Waals surface area contributed by atoms with E-state index in [0.717, 1.165) is 0 Å².